The third kappa shape index (κ3) is 1.43. The zero-order valence-corrected chi connectivity index (χ0v) is 8.63. The molecule has 3 nitrogen and oxygen atoms in total. The van der Waals surface area contributed by atoms with Gasteiger partial charge in [-0.3, -0.25) is 4.79 Å². The Balaban J connectivity index is 2.36. The minimum atomic E-state index is 0.266. The molecule has 0 saturated heterocycles. The molecule has 3 heteroatoms. The number of Topliss-reactive ketones (excluding diaryl/α,β-unsaturated/α-hetero) is 1. The van der Waals surface area contributed by atoms with Crippen molar-refractivity contribution in [1.82, 2.24) is 10.9 Å². The van der Waals surface area contributed by atoms with Crippen LogP contribution in [0.3, 0.4) is 0 Å². The smallest absolute Gasteiger partial charge is 0.164 e. The number of carbonyl (C=O) groups is 1. The van der Waals surface area contributed by atoms with Crippen LogP contribution in [0.1, 0.15) is 26.7 Å². The highest BCUT2D eigenvalue weighted by molar-refractivity contribution is 5.99. The summed E-state index contributed by atoms with van der Waals surface area (Å²) in [6.45, 7) is 4.40. The number of hydrazine groups is 1. The quantitative estimate of drug-likeness (QED) is 0.661. The fraction of sp³-hybridized carbons (Fsp3) is 0.545. The van der Waals surface area contributed by atoms with Gasteiger partial charge < -0.3 is 10.9 Å². The highest BCUT2D eigenvalue weighted by Gasteiger charge is 2.30. The summed E-state index contributed by atoms with van der Waals surface area (Å²) in [4.78, 5) is 11.6. The van der Waals surface area contributed by atoms with Crippen molar-refractivity contribution in [2.45, 2.75) is 26.7 Å². The lowest BCUT2D eigenvalue weighted by molar-refractivity contribution is -0.116. The highest BCUT2D eigenvalue weighted by atomic mass is 16.1. The number of allylic oxidation sites excluding steroid dienone is 3. The van der Waals surface area contributed by atoms with Crippen molar-refractivity contribution in [2.75, 3.05) is 0 Å². The maximum absolute atomic E-state index is 11.6. The van der Waals surface area contributed by atoms with Gasteiger partial charge in [0, 0.05) is 29.8 Å². The van der Waals surface area contributed by atoms with E-state index in [-0.39, 0.29) is 5.78 Å². The Labute approximate surface area is 84.2 Å². The molecule has 0 aromatic heterocycles. The van der Waals surface area contributed by atoms with Gasteiger partial charge in [0.2, 0.25) is 0 Å². The van der Waals surface area contributed by atoms with E-state index in [1.807, 2.05) is 6.08 Å². The number of ketones is 1. The van der Waals surface area contributed by atoms with E-state index >= 15 is 0 Å². The van der Waals surface area contributed by atoms with E-state index in [0.29, 0.717) is 18.3 Å². The second-order valence-corrected chi connectivity index (χ2v) is 4.24. The fourth-order valence-corrected chi connectivity index (χ4v) is 2.17. The number of hydrogen-bond donors (Lipinski definition) is 2. The summed E-state index contributed by atoms with van der Waals surface area (Å²) in [5.41, 5.74) is 8.00. The molecule has 0 aromatic carbocycles. The first kappa shape index (κ1) is 9.31. The molecule has 76 valence electrons. The van der Waals surface area contributed by atoms with Crippen molar-refractivity contribution < 1.29 is 4.79 Å². The molecule has 14 heavy (non-hydrogen) atoms. The topological polar surface area (TPSA) is 41.1 Å². The molecule has 2 aliphatic rings. The van der Waals surface area contributed by atoms with Gasteiger partial charge in [0.25, 0.3) is 0 Å². The summed E-state index contributed by atoms with van der Waals surface area (Å²) in [7, 11) is 0. The minimum absolute atomic E-state index is 0.266. The van der Waals surface area contributed by atoms with E-state index in [4.69, 9.17) is 0 Å². The Morgan fingerprint density at radius 3 is 3.00 bits per heavy atom. The van der Waals surface area contributed by atoms with Gasteiger partial charge in [-0.15, -0.1) is 0 Å². The molecule has 2 rings (SSSR count). The third-order valence-corrected chi connectivity index (χ3v) is 2.99. The molecule has 1 atom stereocenters. The van der Waals surface area contributed by atoms with Gasteiger partial charge in [-0.25, -0.2) is 0 Å². The van der Waals surface area contributed by atoms with Crippen molar-refractivity contribution in [3.8, 4) is 0 Å². The summed E-state index contributed by atoms with van der Waals surface area (Å²) in [5.74, 6) is 1.33. The van der Waals surface area contributed by atoms with Gasteiger partial charge in [-0.05, 0) is 18.4 Å². The Morgan fingerprint density at radius 1 is 1.50 bits per heavy atom. The summed E-state index contributed by atoms with van der Waals surface area (Å²) in [5, 5.41) is 0. The van der Waals surface area contributed by atoms with E-state index in [1.54, 1.807) is 6.20 Å². The third-order valence-electron chi connectivity index (χ3n) is 2.99. The van der Waals surface area contributed by atoms with Crippen LogP contribution in [0.15, 0.2) is 23.5 Å². The molecule has 1 aliphatic carbocycles. The van der Waals surface area contributed by atoms with Crippen LogP contribution in [0.5, 0.6) is 0 Å². The Morgan fingerprint density at radius 2 is 2.29 bits per heavy atom. The summed E-state index contributed by atoms with van der Waals surface area (Å²) in [6.07, 6.45) is 5.31. The number of nitrogens with one attached hydrogen (secondary N) is 2. The number of rotatable bonds is 1. The van der Waals surface area contributed by atoms with Gasteiger partial charge in [0.1, 0.15) is 0 Å². The van der Waals surface area contributed by atoms with Gasteiger partial charge in [-0.1, -0.05) is 13.8 Å². The van der Waals surface area contributed by atoms with Crippen LogP contribution >= 0.6 is 0 Å². The molecule has 1 unspecified atom stereocenters. The largest absolute Gasteiger partial charge is 0.308 e. The lowest BCUT2D eigenvalue weighted by atomic mass is 9.79. The van der Waals surface area contributed by atoms with Gasteiger partial charge in [0.05, 0.1) is 0 Å². The average Bonchev–Trinajstić information content (AvgIpc) is 2.18. The normalized spacial score (nSPS) is 25.9. The average molecular weight is 192 g/mol. The molecule has 0 saturated carbocycles. The van der Waals surface area contributed by atoms with Crippen molar-refractivity contribution in [1.29, 1.82) is 0 Å². The maximum Gasteiger partial charge on any atom is 0.164 e. The van der Waals surface area contributed by atoms with Crippen molar-refractivity contribution in [3.63, 3.8) is 0 Å². The summed E-state index contributed by atoms with van der Waals surface area (Å²) >= 11 is 0. The van der Waals surface area contributed by atoms with Crippen LogP contribution in [0.2, 0.25) is 0 Å². The van der Waals surface area contributed by atoms with Crippen LogP contribution in [0, 0.1) is 11.8 Å². The molecule has 0 spiro atoms. The first-order valence-corrected chi connectivity index (χ1v) is 5.15. The zero-order chi connectivity index (χ0) is 10.1. The molecule has 0 bridgehead atoms. The predicted molar refractivity (Wildman–Crippen MR) is 55.0 cm³/mol. The van der Waals surface area contributed by atoms with E-state index in [2.05, 4.69) is 24.7 Å². The second-order valence-electron chi connectivity index (χ2n) is 4.24. The van der Waals surface area contributed by atoms with Gasteiger partial charge >= 0.3 is 0 Å². The van der Waals surface area contributed by atoms with Crippen LogP contribution in [0.25, 0.3) is 0 Å². The highest BCUT2D eigenvalue weighted by Crippen LogP contribution is 2.32. The second kappa shape index (κ2) is 3.48. The first-order valence-electron chi connectivity index (χ1n) is 5.15. The van der Waals surface area contributed by atoms with Crippen LogP contribution in [0.4, 0.5) is 0 Å². The van der Waals surface area contributed by atoms with Gasteiger partial charge in [-0.2, -0.15) is 0 Å². The molecule has 0 radical (unpaired) electrons. The first-order chi connectivity index (χ1) is 6.70. The van der Waals surface area contributed by atoms with Crippen LogP contribution < -0.4 is 10.9 Å². The van der Waals surface area contributed by atoms with Crippen molar-refractivity contribution >= 4 is 5.78 Å². The standard InChI is InChI=1S/C11H16N2O/c1-7(2)8-3-4-10(14)9-5-6-12-13-11(8)9/h5-8,12-13H,3-4H2,1-2H3. The Hall–Kier alpha value is -1.25. The Kier molecular flexibility index (Phi) is 2.32. The molecule has 0 aromatic rings. The van der Waals surface area contributed by atoms with E-state index in [0.717, 1.165) is 17.7 Å². The Bertz CT molecular complexity index is 315. The lowest BCUT2D eigenvalue weighted by Crippen LogP contribution is -2.39. The molecule has 1 heterocycles. The van der Waals surface area contributed by atoms with E-state index < -0.39 is 0 Å². The predicted octanol–water partition coefficient (Wildman–Crippen LogP) is 1.50. The fourth-order valence-electron chi connectivity index (χ4n) is 2.17. The summed E-state index contributed by atoms with van der Waals surface area (Å²) < 4.78 is 0. The molecule has 0 amide bonds. The van der Waals surface area contributed by atoms with Crippen molar-refractivity contribution in [3.05, 3.63) is 23.5 Å². The van der Waals surface area contributed by atoms with Crippen LogP contribution in [-0.2, 0) is 4.79 Å². The van der Waals surface area contributed by atoms with Gasteiger partial charge in [0.15, 0.2) is 5.78 Å². The summed E-state index contributed by atoms with van der Waals surface area (Å²) in [6, 6.07) is 0. The minimum Gasteiger partial charge on any atom is -0.308 e. The lowest BCUT2D eigenvalue weighted by Gasteiger charge is -2.32. The SMILES string of the molecule is CC(C)C1CCC(=O)C2=C1NNC=C2. The number of carbonyl (C=O) groups excluding carboxylic acids is 1. The molecular weight excluding hydrogens is 176 g/mol. The molecule has 2 N–H and O–H groups in total. The molecular formula is C11H16N2O. The van der Waals surface area contributed by atoms with Crippen molar-refractivity contribution in [2.24, 2.45) is 11.8 Å². The van der Waals surface area contributed by atoms with E-state index in [1.165, 1.54) is 0 Å². The van der Waals surface area contributed by atoms with Crippen LogP contribution in [-0.4, -0.2) is 5.78 Å². The molecule has 0 fully saturated rings. The monoisotopic (exact) mass is 192 g/mol. The zero-order valence-electron chi connectivity index (χ0n) is 8.63. The maximum atomic E-state index is 11.6. The van der Waals surface area contributed by atoms with E-state index in [9.17, 15) is 4.79 Å². The molecule has 1 aliphatic heterocycles. The number of hydrogen-bond acceptors (Lipinski definition) is 3.